The number of hydrogen-bond donors (Lipinski definition) is 2. The van der Waals surface area contributed by atoms with Gasteiger partial charge in [0, 0.05) is 12.2 Å². The minimum Gasteiger partial charge on any atom is -0.478 e. The van der Waals surface area contributed by atoms with Gasteiger partial charge < -0.3 is 10.4 Å². The van der Waals surface area contributed by atoms with Crippen molar-refractivity contribution in [1.29, 1.82) is 0 Å². The lowest BCUT2D eigenvalue weighted by Crippen LogP contribution is -2.06. The second kappa shape index (κ2) is 5.52. The lowest BCUT2D eigenvalue weighted by molar-refractivity contribution is 0.0698. The van der Waals surface area contributed by atoms with E-state index < -0.39 is 5.97 Å². The van der Waals surface area contributed by atoms with Gasteiger partial charge in [-0.2, -0.15) is 0 Å². The summed E-state index contributed by atoms with van der Waals surface area (Å²) in [5.74, 6) is -1.25. The van der Waals surface area contributed by atoms with Crippen molar-refractivity contribution < 1.29 is 14.3 Å². The summed E-state index contributed by atoms with van der Waals surface area (Å²) < 4.78 is 12.8. The number of anilines is 1. The highest BCUT2D eigenvalue weighted by Gasteiger charge is 2.09. The number of carbonyl (C=O) groups is 1. The molecule has 0 radical (unpaired) electrons. The Labute approximate surface area is 110 Å². The van der Waals surface area contributed by atoms with Crippen molar-refractivity contribution in [3.8, 4) is 0 Å². The van der Waals surface area contributed by atoms with Gasteiger partial charge in [0.15, 0.2) is 0 Å². The van der Waals surface area contributed by atoms with Crippen LogP contribution in [-0.4, -0.2) is 11.1 Å². The molecule has 3 nitrogen and oxygen atoms in total. The van der Waals surface area contributed by atoms with Gasteiger partial charge in [0.25, 0.3) is 0 Å². The van der Waals surface area contributed by atoms with Crippen LogP contribution in [0.3, 0.4) is 0 Å². The van der Waals surface area contributed by atoms with Crippen molar-refractivity contribution >= 4 is 11.7 Å². The average molecular weight is 259 g/mol. The van der Waals surface area contributed by atoms with Crippen molar-refractivity contribution in [2.45, 2.75) is 13.5 Å². The Kier molecular flexibility index (Phi) is 3.80. The fourth-order valence-corrected chi connectivity index (χ4v) is 1.79. The molecule has 4 heteroatoms. The molecule has 0 amide bonds. The average Bonchev–Trinajstić information content (AvgIpc) is 2.39. The van der Waals surface area contributed by atoms with E-state index in [1.807, 2.05) is 13.0 Å². The number of rotatable bonds is 4. The molecule has 0 aliphatic carbocycles. The Hall–Kier alpha value is -2.36. The van der Waals surface area contributed by atoms with Gasteiger partial charge >= 0.3 is 5.97 Å². The van der Waals surface area contributed by atoms with Gasteiger partial charge in [0.05, 0.1) is 5.56 Å². The highest BCUT2D eigenvalue weighted by Crippen LogP contribution is 2.18. The summed E-state index contributed by atoms with van der Waals surface area (Å²) in [5, 5.41) is 12.2. The fourth-order valence-electron chi connectivity index (χ4n) is 1.79. The van der Waals surface area contributed by atoms with Crippen molar-refractivity contribution in [3.05, 3.63) is 65.0 Å². The molecule has 2 aromatic carbocycles. The maximum Gasteiger partial charge on any atom is 0.337 e. The Balaban J connectivity index is 2.15. The second-order valence-electron chi connectivity index (χ2n) is 4.33. The molecule has 0 aliphatic heterocycles. The first-order chi connectivity index (χ1) is 9.06. The molecular weight excluding hydrogens is 245 g/mol. The molecule has 0 saturated carbocycles. The largest absolute Gasteiger partial charge is 0.478 e. The van der Waals surface area contributed by atoms with Crippen molar-refractivity contribution in [2.75, 3.05) is 5.32 Å². The SMILES string of the molecule is Cc1ccc(NCc2ccc(F)cc2)c(C(=O)O)c1. The molecule has 2 rings (SSSR count). The van der Waals surface area contributed by atoms with Crippen LogP contribution >= 0.6 is 0 Å². The highest BCUT2D eigenvalue weighted by atomic mass is 19.1. The monoisotopic (exact) mass is 259 g/mol. The Morgan fingerprint density at radius 3 is 2.53 bits per heavy atom. The first-order valence-electron chi connectivity index (χ1n) is 5.88. The zero-order valence-electron chi connectivity index (χ0n) is 10.5. The summed E-state index contributed by atoms with van der Waals surface area (Å²) in [4.78, 5) is 11.1. The third-order valence-electron chi connectivity index (χ3n) is 2.80. The number of hydrogen-bond acceptors (Lipinski definition) is 2. The molecule has 0 bridgehead atoms. The van der Waals surface area contributed by atoms with E-state index >= 15 is 0 Å². The van der Waals surface area contributed by atoms with E-state index in [9.17, 15) is 9.18 Å². The van der Waals surface area contributed by atoms with Gasteiger partial charge in [-0.15, -0.1) is 0 Å². The van der Waals surface area contributed by atoms with E-state index in [1.165, 1.54) is 12.1 Å². The van der Waals surface area contributed by atoms with E-state index in [1.54, 1.807) is 24.3 Å². The first kappa shape index (κ1) is 13.1. The number of aromatic carboxylic acids is 1. The molecule has 0 saturated heterocycles. The van der Waals surface area contributed by atoms with Gasteiger partial charge in [-0.3, -0.25) is 0 Å². The summed E-state index contributed by atoms with van der Waals surface area (Å²) in [6.07, 6.45) is 0. The van der Waals surface area contributed by atoms with Crippen molar-refractivity contribution in [2.24, 2.45) is 0 Å². The normalized spacial score (nSPS) is 10.2. The smallest absolute Gasteiger partial charge is 0.337 e. The number of aryl methyl sites for hydroxylation is 1. The van der Waals surface area contributed by atoms with Gasteiger partial charge in [-0.05, 0) is 36.8 Å². The molecule has 0 fully saturated rings. The van der Waals surface area contributed by atoms with E-state index in [0.717, 1.165) is 11.1 Å². The quantitative estimate of drug-likeness (QED) is 0.884. The van der Waals surface area contributed by atoms with Crippen LogP contribution in [0.15, 0.2) is 42.5 Å². The van der Waals surface area contributed by atoms with Gasteiger partial charge in [-0.1, -0.05) is 23.8 Å². The fraction of sp³-hybridized carbons (Fsp3) is 0.133. The lowest BCUT2D eigenvalue weighted by Gasteiger charge is -2.10. The van der Waals surface area contributed by atoms with Crippen LogP contribution in [0.4, 0.5) is 10.1 Å². The summed E-state index contributed by atoms with van der Waals surface area (Å²) in [6.45, 7) is 2.29. The molecule has 0 aliphatic rings. The van der Waals surface area contributed by atoms with Crippen LogP contribution in [0.2, 0.25) is 0 Å². The van der Waals surface area contributed by atoms with E-state index in [2.05, 4.69) is 5.32 Å². The van der Waals surface area contributed by atoms with Gasteiger partial charge in [0.1, 0.15) is 5.82 Å². The number of carboxylic acid groups (broad SMARTS) is 1. The maximum atomic E-state index is 12.8. The summed E-state index contributed by atoms with van der Waals surface area (Å²) in [5.41, 5.74) is 2.58. The molecule has 19 heavy (non-hydrogen) atoms. The third kappa shape index (κ3) is 3.31. The predicted molar refractivity (Wildman–Crippen MR) is 71.9 cm³/mol. The van der Waals surface area contributed by atoms with Gasteiger partial charge in [-0.25, -0.2) is 9.18 Å². The lowest BCUT2D eigenvalue weighted by atomic mass is 10.1. The van der Waals surface area contributed by atoms with Crippen LogP contribution in [0.5, 0.6) is 0 Å². The molecule has 0 aromatic heterocycles. The van der Waals surface area contributed by atoms with Crippen LogP contribution in [0.25, 0.3) is 0 Å². The molecular formula is C15H14FNO2. The number of nitrogens with one attached hydrogen (secondary N) is 1. The summed E-state index contributed by atoms with van der Waals surface area (Å²) >= 11 is 0. The van der Waals surface area contributed by atoms with E-state index in [4.69, 9.17) is 5.11 Å². The zero-order valence-corrected chi connectivity index (χ0v) is 10.5. The molecule has 0 unspecified atom stereocenters. The third-order valence-corrected chi connectivity index (χ3v) is 2.80. The molecule has 98 valence electrons. The predicted octanol–water partition coefficient (Wildman–Crippen LogP) is 3.44. The maximum absolute atomic E-state index is 12.8. The molecule has 0 spiro atoms. The number of carboxylic acids is 1. The number of benzene rings is 2. The molecule has 2 aromatic rings. The van der Waals surface area contributed by atoms with E-state index in [0.29, 0.717) is 12.2 Å². The standard InChI is InChI=1S/C15H14FNO2/c1-10-2-7-14(13(8-10)15(18)19)17-9-11-3-5-12(16)6-4-11/h2-8,17H,9H2,1H3,(H,18,19). The minimum absolute atomic E-state index is 0.238. The zero-order chi connectivity index (χ0) is 13.8. The Bertz CT molecular complexity index is 594. The van der Waals surface area contributed by atoms with Crippen molar-refractivity contribution in [3.63, 3.8) is 0 Å². The van der Waals surface area contributed by atoms with Crippen LogP contribution < -0.4 is 5.32 Å². The summed E-state index contributed by atoms with van der Waals surface area (Å²) in [7, 11) is 0. The van der Waals surface area contributed by atoms with Crippen LogP contribution in [0.1, 0.15) is 21.5 Å². The molecule has 0 atom stereocenters. The van der Waals surface area contributed by atoms with Gasteiger partial charge in [0.2, 0.25) is 0 Å². The topological polar surface area (TPSA) is 49.3 Å². The Morgan fingerprint density at radius 1 is 1.21 bits per heavy atom. The van der Waals surface area contributed by atoms with Crippen LogP contribution in [0, 0.1) is 12.7 Å². The molecule has 0 heterocycles. The minimum atomic E-state index is -0.967. The van der Waals surface area contributed by atoms with Crippen LogP contribution in [-0.2, 0) is 6.54 Å². The second-order valence-corrected chi connectivity index (χ2v) is 4.33. The Morgan fingerprint density at radius 2 is 1.89 bits per heavy atom. The first-order valence-corrected chi connectivity index (χ1v) is 5.88. The number of halogens is 1. The highest BCUT2D eigenvalue weighted by molar-refractivity contribution is 5.94. The van der Waals surface area contributed by atoms with Crippen molar-refractivity contribution in [1.82, 2.24) is 0 Å². The van der Waals surface area contributed by atoms with E-state index in [-0.39, 0.29) is 11.4 Å². The molecule has 2 N–H and O–H groups in total. The summed E-state index contributed by atoms with van der Waals surface area (Å²) in [6, 6.07) is 11.3.